The van der Waals surface area contributed by atoms with Gasteiger partial charge in [-0.1, -0.05) is 17.7 Å². The van der Waals surface area contributed by atoms with Crippen LogP contribution in [0.5, 0.6) is 0 Å². The fraction of sp³-hybridized carbons (Fsp3) is 0.385. The number of rotatable bonds is 2. The Labute approximate surface area is 115 Å². The Morgan fingerprint density at radius 3 is 3.00 bits per heavy atom. The van der Waals surface area contributed by atoms with Crippen molar-refractivity contribution in [1.29, 1.82) is 0 Å². The lowest BCUT2D eigenvalue weighted by Crippen LogP contribution is -2.28. The molecule has 1 fully saturated rings. The Morgan fingerprint density at radius 1 is 1.37 bits per heavy atom. The third-order valence-corrected chi connectivity index (χ3v) is 3.69. The highest BCUT2D eigenvalue weighted by atomic mass is 35.5. The fourth-order valence-corrected chi connectivity index (χ4v) is 2.61. The lowest BCUT2D eigenvalue weighted by molar-refractivity contribution is 0.447. The highest BCUT2D eigenvalue weighted by Crippen LogP contribution is 2.29. The van der Waals surface area contributed by atoms with Crippen LogP contribution in [0.25, 0.3) is 11.4 Å². The molecule has 2 N–H and O–H groups in total. The molecule has 0 aliphatic carbocycles. The molecule has 0 saturated carbocycles. The molecule has 2 aromatic rings. The number of hydrogen-bond donors (Lipinski definition) is 2. The molecule has 1 atom stereocenters. The molecule has 19 heavy (non-hydrogen) atoms. The van der Waals surface area contributed by atoms with Crippen molar-refractivity contribution in [2.75, 3.05) is 13.1 Å². The maximum absolute atomic E-state index is 13.8. The average Bonchev–Trinajstić information content (AvgIpc) is 2.89. The van der Waals surface area contributed by atoms with E-state index in [1.807, 2.05) is 0 Å². The zero-order valence-corrected chi connectivity index (χ0v) is 11.0. The summed E-state index contributed by atoms with van der Waals surface area (Å²) in [6.45, 7) is 1.91. The van der Waals surface area contributed by atoms with Gasteiger partial charge >= 0.3 is 0 Å². The lowest BCUT2D eigenvalue weighted by Gasteiger charge is -2.20. The van der Waals surface area contributed by atoms with Crippen molar-refractivity contribution in [3.63, 3.8) is 0 Å². The molecule has 1 aromatic carbocycles. The molecule has 1 aliphatic heterocycles. The zero-order valence-electron chi connectivity index (χ0n) is 10.3. The summed E-state index contributed by atoms with van der Waals surface area (Å²) in [5, 5.41) is 10.6. The van der Waals surface area contributed by atoms with Gasteiger partial charge in [0.15, 0.2) is 5.82 Å². The van der Waals surface area contributed by atoms with Crippen molar-refractivity contribution >= 4 is 11.6 Å². The predicted molar refractivity (Wildman–Crippen MR) is 71.6 cm³/mol. The topological polar surface area (TPSA) is 53.6 Å². The first kappa shape index (κ1) is 12.6. The van der Waals surface area contributed by atoms with Gasteiger partial charge in [-0.25, -0.2) is 9.37 Å². The van der Waals surface area contributed by atoms with Crippen LogP contribution in [0.2, 0.25) is 5.02 Å². The minimum absolute atomic E-state index is 0.260. The van der Waals surface area contributed by atoms with Crippen LogP contribution in [-0.4, -0.2) is 28.3 Å². The van der Waals surface area contributed by atoms with Crippen LogP contribution in [0.3, 0.4) is 0 Å². The van der Waals surface area contributed by atoms with Crippen LogP contribution in [0.4, 0.5) is 4.39 Å². The van der Waals surface area contributed by atoms with E-state index >= 15 is 0 Å². The Kier molecular flexibility index (Phi) is 3.48. The summed E-state index contributed by atoms with van der Waals surface area (Å²) in [6.07, 6.45) is 2.17. The summed E-state index contributed by atoms with van der Waals surface area (Å²) in [4.78, 5) is 4.39. The van der Waals surface area contributed by atoms with E-state index in [1.165, 1.54) is 6.07 Å². The van der Waals surface area contributed by atoms with Crippen molar-refractivity contribution in [2.24, 2.45) is 0 Å². The highest BCUT2D eigenvalue weighted by Gasteiger charge is 2.21. The van der Waals surface area contributed by atoms with Gasteiger partial charge in [-0.15, -0.1) is 0 Å². The molecule has 0 amide bonds. The third-order valence-electron chi connectivity index (χ3n) is 3.37. The van der Waals surface area contributed by atoms with Gasteiger partial charge in [0.1, 0.15) is 11.6 Å². The van der Waals surface area contributed by atoms with Gasteiger partial charge in [0, 0.05) is 12.5 Å². The fourth-order valence-electron chi connectivity index (χ4n) is 2.37. The zero-order chi connectivity index (χ0) is 13.2. The van der Waals surface area contributed by atoms with Gasteiger partial charge in [0.25, 0.3) is 0 Å². The van der Waals surface area contributed by atoms with Crippen LogP contribution in [0.1, 0.15) is 24.6 Å². The van der Waals surface area contributed by atoms with Crippen LogP contribution in [0, 0.1) is 5.82 Å². The highest BCUT2D eigenvalue weighted by molar-refractivity contribution is 6.33. The second kappa shape index (κ2) is 5.27. The van der Waals surface area contributed by atoms with Crippen molar-refractivity contribution in [3.05, 3.63) is 34.9 Å². The maximum Gasteiger partial charge on any atom is 0.185 e. The maximum atomic E-state index is 13.8. The molecule has 0 radical (unpaired) electrons. The van der Waals surface area contributed by atoms with Gasteiger partial charge in [-0.2, -0.15) is 5.10 Å². The second-order valence-electron chi connectivity index (χ2n) is 4.68. The SMILES string of the molecule is Fc1cccc(Cl)c1-c1n[nH]c(C2CCCNC2)n1. The van der Waals surface area contributed by atoms with E-state index < -0.39 is 5.82 Å². The molecule has 6 heteroatoms. The van der Waals surface area contributed by atoms with E-state index in [9.17, 15) is 4.39 Å². The van der Waals surface area contributed by atoms with Gasteiger partial charge in [0.05, 0.1) is 10.6 Å². The van der Waals surface area contributed by atoms with Crippen molar-refractivity contribution in [2.45, 2.75) is 18.8 Å². The van der Waals surface area contributed by atoms with Crippen molar-refractivity contribution < 1.29 is 4.39 Å². The molecular weight excluding hydrogens is 267 g/mol. The number of halogens is 2. The van der Waals surface area contributed by atoms with Gasteiger partial charge in [0.2, 0.25) is 0 Å². The van der Waals surface area contributed by atoms with E-state index in [0.717, 1.165) is 31.8 Å². The smallest absolute Gasteiger partial charge is 0.185 e. The summed E-state index contributed by atoms with van der Waals surface area (Å²) in [5.74, 6) is 1.02. The summed E-state index contributed by atoms with van der Waals surface area (Å²) < 4.78 is 13.8. The Bertz CT molecular complexity index is 558. The van der Waals surface area contributed by atoms with Gasteiger partial charge < -0.3 is 5.32 Å². The van der Waals surface area contributed by atoms with Crippen LogP contribution in [-0.2, 0) is 0 Å². The molecular formula is C13H14ClFN4. The number of piperidine rings is 1. The number of aromatic nitrogens is 3. The number of benzene rings is 1. The van der Waals surface area contributed by atoms with Gasteiger partial charge in [-0.05, 0) is 31.5 Å². The summed E-state index contributed by atoms with van der Waals surface area (Å²) >= 11 is 6.01. The third kappa shape index (κ3) is 2.48. The second-order valence-corrected chi connectivity index (χ2v) is 5.09. The summed E-state index contributed by atoms with van der Waals surface area (Å²) in [7, 11) is 0. The van der Waals surface area contributed by atoms with Crippen molar-refractivity contribution in [1.82, 2.24) is 20.5 Å². The number of nitrogens with one attached hydrogen (secondary N) is 2. The molecule has 1 unspecified atom stereocenters. The number of H-pyrrole nitrogens is 1. The van der Waals surface area contributed by atoms with Gasteiger partial charge in [-0.3, -0.25) is 5.10 Å². The molecule has 100 valence electrons. The summed E-state index contributed by atoms with van der Waals surface area (Å²) in [6, 6.07) is 4.57. The standard InChI is InChI=1S/C13H14ClFN4/c14-9-4-1-5-10(15)11(9)13-17-12(18-19-13)8-3-2-6-16-7-8/h1,4-5,8,16H,2-3,6-7H2,(H,17,18,19). The molecule has 0 bridgehead atoms. The van der Waals surface area contributed by atoms with Crippen LogP contribution in [0.15, 0.2) is 18.2 Å². The molecule has 2 heterocycles. The quantitative estimate of drug-likeness (QED) is 0.889. The van der Waals surface area contributed by atoms with E-state index in [-0.39, 0.29) is 5.56 Å². The summed E-state index contributed by atoms with van der Waals surface area (Å²) in [5.41, 5.74) is 0.260. The largest absolute Gasteiger partial charge is 0.316 e. The van der Waals surface area contributed by atoms with Crippen molar-refractivity contribution in [3.8, 4) is 11.4 Å². The van der Waals surface area contributed by atoms with E-state index in [4.69, 9.17) is 11.6 Å². The minimum atomic E-state index is -0.403. The first-order valence-electron chi connectivity index (χ1n) is 6.33. The Balaban J connectivity index is 1.92. The normalized spacial score (nSPS) is 19.6. The van der Waals surface area contributed by atoms with Crippen LogP contribution < -0.4 is 5.32 Å². The molecule has 1 aromatic heterocycles. The molecule has 0 spiro atoms. The molecule has 1 aliphatic rings. The molecule has 3 rings (SSSR count). The predicted octanol–water partition coefficient (Wildman–Crippen LogP) is 2.73. The first-order chi connectivity index (χ1) is 9.25. The Hall–Kier alpha value is -1.46. The lowest BCUT2D eigenvalue weighted by atomic mass is 9.99. The average molecular weight is 281 g/mol. The van der Waals surface area contributed by atoms with E-state index in [2.05, 4.69) is 20.5 Å². The van der Waals surface area contributed by atoms with Crippen LogP contribution >= 0.6 is 11.6 Å². The van der Waals surface area contributed by atoms with E-state index in [1.54, 1.807) is 12.1 Å². The molecule has 1 saturated heterocycles. The first-order valence-corrected chi connectivity index (χ1v) is 6.71. The number of aromatic amines is 1. The monoisotopic (exact) mass is 280 g/mol. The number of nitrogens with zero attached hydrogens (tertiary/aromatic N) is 2. The minimum Gasteiger partial charge on any atom is -0.316 e. The number of hydrogen-bond acceptors (Lipinski definition) is 3. The molecule has 4 nitrogen and oxygen atoms in total. The Morgan fingerprint density at radius 2 is 2.26 bits per heavy atom. The van der Waals surface area contributed by atoms with E-state index in [0.29, 0.717) is 16.8 Å².